The third kappa shape index (κ3) is 3.12. The molecule has 0 amide bonds. The first-order chi connectivity index (χ1) is 8.60. The second-order valence-corrected chi connectivity index (χ2v) is 5.31. The van der Waals surface area contributed by atoms with Crippen molar-refractivity contribution in [1.82, 2.24) is 0 Å². The molecule has 0 spiro atoms. The lowest BCUT2D eigenvalue weighted by Crippen LogP contribution is -1.90. The Morgan fingerprint density at radius 1 is 1.17 bits per heavy atom. The highest BCUT2D eigenvalue weighted by atomic mass is 79.9. The van der Waals surface area contributed by atoms with E-state index in [-0.39, 0.29) is 5.82 Å². The molecule has 0 aliphatic heterocycles. The summed E-state index contributed by atoms with van der Waals surface area (Å²) in [4.78, 5) is 0. The Labute approximate surface area is 122 Å². The van der Waals surface area contributed by atoms with Gasteiger partial charge in [-0.25, -0.2) is 4.39 Å². The van der Waals surface area contributed by atoms with Gasteiger partial charge in [0.15, 0.2) is 0 Å². The van der Waals surface area contributed by atoms with Gasteiger partial charge in [0.05, 0.1) is 4.47 Å². The Morgan fingerprint density at radius 3 is 2.61 bits per heavy atom. The van der Waals surface area contributed by atoms with Crippen LogP contribution >= 0.6 is 31.9 Å². The van der Waals surface area contributed by atoms with Crippen molar-refractivity contribution in [1.29, 1.82) is 0 Å². The number of hydrogen-bond acceptors (Lipinski definition) is 1. The van der Waals surface area contributed by atoms with Gasteiger partial charge in [-0.1, -0.05) is 22.0 Å². The van der Waals surface area contributed by atoms with Gasteiger partial charge >= 0.3 is 0 Å². The molecule has 0 saturated heterocycles. The van der Waals surface area contributed by atoms with Crippen molar-refractivity contribution in [2.24, 2.45) is 0 Å². The molecule has 0 aliphatic rings. The van der Waals surface area contributed by atoms with Gasteiger partial charge in [-0.15, -0.1) is 0 Å². The smallest absolute Gasteiger partial charge is 0.144 e. The van der Waals surface area contributed by atoms with Crippen molar-refractivity contribution in [2.75, 3.05) is 0 Å². The van der Waals surface area contributed by atoms with Crippen LogP contribution in [0.15, 0.2) is 40.9 Å². The van der Waals surface area contributed by atoms with E-state index in [2.05, 4.69) is 31.9 Å². The molecule has 2 aromatic carbocycles. The van der Waals surface area contributed by atoms with Crippen LogP contribution in [0.3, 0.4) is 0 Å². The highest BCUT2D eigenvalue weighted by Gasteiger charge is 2.06. The first kappa shape index (κ1) is 13.6. The number of aryl methyl sites for hydroxylation is 1. The summed E-state index contributed by atoms with van der Waals surface area (Å²) in [6, 6.07) is 10.2. The van der Waals surface area contributed by atoms with E-state index in [1.165, 1.54) is 17.7 Å². The SMILES string of the molecule is Cc1cc(Oc2cc(F)ccc2Br)ccc1CBr. The molecule has 0 N–H and O–H groups in total. The van der Waals surface area contributed by atoms with Crippen molar-refractivity contribution >= 4 is 31.9 Å². The maximum absolute atomic E-state index is 13.1. The van der Waals surface area contributed by atoms with Crippen LogP contribution in [0.4, 0.5) is 4.39 Å². The molecule has 4 heteroatoms. The van der Waals surface area contributed by atoms with Gasteiger partial charge < -0.3 is 4.74 Å². The zero-order chi connectivity index (χ0) is 13.1. The fourth-order valence-corrected chi connectivity index (χ4v) is 2.52. The lowest BCUT2D eigenvalue weighted by atomic mass is 10.1. The summed E-state index contributed by atoms with van der Waals surface area (Å²) in [5.41, 5.74) is 2.34. The normalized spacial score (nSPS) is 10.4. The molecule has 1 nitrogen and oxygen atoms in total. The Bertz CT molecular complexity index is 570. The molecule has 0 unspecified atom stereocenters. The van der Waals surface area contributed by atoms with Gasteiger partial charge in [0.1, 0.15) is 17.3 Å². The van der Waals surface area contributed by atoms with Crippen LogP contribution in [-0.4, -0.2) is 0 Å². The van der Waals surface area contributed by atoms with E-state index in [0.29, 0.717) is 11.5 Å². The lowest BCUT2D eigenvalue weighted by Gasteiger charge is -2.10. The number of halogens is 3. The van der Waals surface area contributed by atoms with Crippen LogP contribution in [0.1, 0.15) is 11.1 Å². The third-order valence-corrected chi connectivity index (χ3v) is 3.84. The molecule has 0 aromatic heterocycles. The second-order valence-electron chi connectivity index (χ2n) is 3.90. The van der Waals surface area contributed by atoms with E-state index >= 15 is 0 Å². The van der Waals surface area contributed by atoms with Gasteiger partial charge in [0.25, 0.3) is 0 Å². The molecule has 2 rings (SSSR count). The molecule has 2 aromatic rings. The van der Waals surface area contributed by atoms with Crippen molar-refractivity contribution in [2.45, 2.75) is 12.3 Å². The summed E-state index contributed by atoms with van der Waals surface area (Å²) in [6.07, 6.45) is 0. The minimum atomic E-state index is -0.318. The number of hydrogen-bond donors (Lipinski definition) is 0. The molecule has 94 valence electrons. The van der Waals surface area contributed by atoms with Crippen LogP contribution in [0.5, 0.6) is 11.5 Å². The van der Waals surface area contributed by atoms with Gasteiger partial charge in [0.2, 0.25) is 0 Å². The van der Waals surface area contributed by atoms with E-state index < -0.39 is 0 Å². The maximum Gasteiger partial charge on any atom is 0.144 e. The highest BCUT2D eigenvalue weighted by molar-refractivity contribution is 9.10. The van der Waals surface area contributed by atoms with Crippen molar-refractivity contribution in [3.8, 4) is 11.5 Å². The average molecular weight is 374 g/mol. The Hall–Kier alpha value is -0.870. The largest absolute Gasteiger partial charge is 0.456 e. The molecule has 0 atom stereocenters. The summed E-state index contributed by atoms with van der Waals surface area (Å²) in [7, 11) is 0. The first-order valence-electron chi connectivity index (χ1n) is 5.38. The molecule has 18 heavy (non-hydrogen) atoms. The van der Waals surface area contributed by atoms with E-state index in [4.69, 9.17) is 4.74 Å². The Morgan fingerprint density at radius 2 is 1.94 bits per heavy atom. The van der Waals surface area contributed by atoms with E-state index in [1.54, 1.807) is 6.07 Å². The molecule has 0 radical (unpaired) electrons. The van der Waals surface area contributed by atoms with Crippen molar-refractivity contribution in [3.63, 3.8) is 0 Å². The van der Waals surface area contributed by atoms with Crippen molar-refractivity contribution in [3.05, 3.63) is 57.8 Å². The van der Waals surface area contributed by atoms with E-state index in [1.807, 2.05) is 25.1 Å². The molecule has 0 aliphatic carbocycles. The first-order valence-corrected chi connectivity index (χ1v) is 7.30. The number of benzene rings is 2. The average Bonchev–Trinajstić information content (AvgIpc) is 2.34. The molecule has 0 bridgehead atoms. The summed E-state index contributed by atoms with van der Waals surface area (Å²) in [5.74, 6) is 0.853. The third-order valence-electron chi connectivity index (χ3n) is 2.58. The zero-order valence-electron chi connectivity index (χ0n) is 9.71. The summed E-state index contributed by atoms with van der Waals surface area (Å²) >= 11 is 6.76. The molecule has 0 fully saturated rings. The van der Waals surface area contributed by atoms with E-state index in [0.717, 1.165) is 15.4 Å². The number of ether oxygens (including phenoxy) is 1. The lowest BCUT2D eigenvalue weighted by molar-refractivity contribution is 0.473. The summed E-state index contributed by atoms with van der Waals surface area (Å²) in [5, 5.41) is 0.808. The molecule has 0 heterocycles. The maximum atomic E-state index is 13.1. The van der Waals surface area contributed by atoms with Crippen LogP contribution in [0, 0.1) is 12.7 Å². The minimum Gasteiger partial charge on any atom is -0.456 e. The Balaban J connectivity index is 2.28. The van der Waals surface area contributed by atoms with Gasteiger partial charge in [-0.2, -0.15) is 0 Å². The topological polar surface area (TPSA) is 9.23 Å². The van der Waals surface area contributed by atoms with Gasteiger partial charge in [-0.05, 0) is 58.2 Å². The van der Waals surface area contributed by atoms with Gasteiger partial charge in [0, 0.05) is 11.4 Å². The van der Waals surface area contributed by atoms with Crippen LogP contribution in [-0.2, 0) is 5.33 Å². The van der Waals surface area contributed by atoms with Gasteiger partial charge in [-0.3, -0.25) is 0 Å². The predicted octanol–water partition coefficient (Wildman–Crippen LogP) is 5.58. The molecular formula is C14H11Br2FO. The Kier molecular flexibility index (Phi) is 4.40. The fraction of sp³-hybridized carbons (Fsp3) is 0.143. The van der Waals surface area contributed by atoms with Crippen LogP contribution in [0.25, 0.3) is 0 Å². The minimum absolute atomic E-state index is 0.318. The zero-order valence-corrected chi connectivity index (χ0v) is 12.9. The van der Waals surface area contributed by atoms with Crippen LogP contribution < -0.4 is 4.74 Å². The molecule has 0 saturated carbocycles. The predicted molar refractivity (Wildman–Crippen MR) is 78.0 cm³/mol. The number of rotatable bonds is 3. The quantitative estimate of drug-likeness (QED) is 0.637. The fourth-order valence-electron chi connectivity index (χ4n) is 1.56. The van der Waals surface area contributed by atoms with Crippen molar-refractivity contribution < 1.29 is 9.13 Å². The number of alkyl halides is 1. The summed E-state index contributed by atoms with van der Waals surface area (Å²) in [6.45, 7) is 2.02. The second kappa shape index (κ2) is 5.85. The highest BCUT2D eigenvalue weighted by Crippen LogP contribution is 2.31. The molecular weight excluding hydrogens is 363 g/mol. The van der Waals surface area contributed by atoms with Crippen LogP contribution in [0.2, 0.25) is 0 Å². The van der Waals surface area contributed by atoms with E-state index in [9.17, 15) is 4.39 Å². The monoisotopic (exact) mass is 372 g/mol. The summed E-state index contributed by atoms with van der Waals surface area (Å²) < 4.78 is 19.5. The standard InChI is InChI=1S/C14H11Br2FO/c1-9-6-12(4-2-10(9)8-15)18-14-7-11(17)3-5-13(14)16/h2-7H,8H2,1H3.